The van der Waals surface area contributed by atoms with Gasteiger partial charge in [-0.3, -0.25) is 4.79 Å². The summed E-state index contributed by atoms with van der Waals surface area (Å²) in [5.41, 5.74) is 0.991. The highest BCUT2D eigenvalue weighted by Gasteiger charge is 2.23. The molecular weight excluding hydrogens is 386 g/mol. The highest BCUT2D eigenvalue weighted by atomic mass is 16.6. The van der Waals surface area contributed by atoms with Crippen molar-refractivity contribution >= 4 is 18.0 Å². The zero-order chi connectivity index (χ0) is 21.9. The van der Waals surface area contributed by atoms with Crippen molar-refractivity contribution in [3.63, 3.8) is 0 Å². The average Bonchev–Trinajstić information content (AvgIpc) is 2.75. The molecule has 0 unspecified atom stereocenters. The Morgan fingerprint density at radius 3 is 2.47 bits per heavy atom. The Kier molecular flexibility index (Phi) is 9.24. The first kappa shape index (κ1) is 23.3. The number of carbonyl (C=O) groups excluding carboxylic acids is 2. The summed E-state index contributed by atoms with van der Waals surface area (Å²) < 4.78 is 10.7. The molecule has 1 aliphatic heterocycles. The maximum atomic E-state index is 11.9. The number of guanidine groups is 1. The van der Waals surface area contributed by atoms with Crippen molar-refractivity contribution in [3.8, 4) is 5.75 Å². The molecule has 0 bridgehead atoms. The van der Waals surface area contributed by atoms with Gasteiger partial charge >= 0.3 is 6.09 Å². The normalized spacial score (nSPS) is 14.3. The minimum Gasteiger partial charge on any atom is -0.484 e. The Hall–Kier alpha value is -2.97. The summed E-state index contributed by atoms with van der Waals surface area (Å²) in [4.78, 5) is 33.7. The van der Waals surface area contributed by atoms with Crippen LogP contribution in [0.3, 0.4) is 0 Å². The van der Waals surface area contributed by atoms with E-state index in [0.717, 1.165) is 18.1 Å². The molecule has 1 N–H and O–H groups in total. The van der Waals surface area contributed by atoms with Gasteiger partial charge < -0.3 is 29.5 Å². The molecule has 0 spiro atoms. The Morgan fingerprint density at radius 2 is 1.83 bits per heavy atom. The van der Waals surface area contributed by atoms with E-state index >= 15 is 0 Å². The van der Waals surface area contributed by atoms with Gasteiger partial charge in [-0.1, -0.05) is 12.1 Å². The van der Waals surface area contributed by atoms with E-state index in [2.05, 4.69) is 10.2 Å². The molecule has 0 radical (unpaired) electrons. The fourth-order valence-electron chi connectivity index (χ4n) is 2.92. The summed E-state index contributed by atoms with van der Waals surface area (Å²) in [6.07, 6.45) is -0.261. The molecule has 2 amide bonds. The second-order valence-electron chi connectivity index (χ2n) is 7.07. The minimum atomic E-state index is -0.261. The van der Waals surface area contributed by atoms with Crippen LogP contribution >= 0.6 is 0 Å². The highest BCUT2D eigenvalue weighted by Crippen LogP contribution is 2.14. The van der Waals surface area contributed by atoms with Crippen LogP contribution < -0.4 is 10.1 Å². The lowest BCUT2D eigenvalue weighted by atomic mass is 10.2. The molecule has 1 heterocycles. The molecule has 0 saturated carbocycles. The van der Waals surface area contributed by atoms with Gasteiger partial charge in [0, 0.05) is 46.8 Å². The first-order valence-corrected chi connectivity index (χ1v) is 10.3. The van der Waals surface area contributed by atoms with Crippen LogP contribution in [0.1, 0.15) is 19.4 Å². The molecule has 1 saturated heterocycles. The second kappa shape index (κ2) is 11.9. The van der Waals surface area contributed by atoms with Gasteiger partial charge in [0.25, 0.3) is 5.91 Å². The molecule has 0 aliphatic carbocycles. The van der Waals surface area contributed by atoms with E-state index in [1.54, 1.807) is 19.0 Å². The van der Waals surface area contributed by atoms with Gasteiger partial charge in [-0.15, -0.1) is 0 Å². The van der Waals surface area contributed by atoms with E-state index in [4.69, 9.17) is 14.5 Å². The molecule has 2 rings (SSSR count). The van der Waals surface area contributed by atoms with Crippen molar-refractivity contribution in [1.82, 2.24) is 20.0 Å². The molecule has 1 aliphatic rings. The number of benzene rings is 1. The predicted octanol–water partition coefficient (Wildman–Crippen LogP) is 1.39. The van der Waals surface area contributed by atoms with Crippen molar-refractivity contribution in [3.05, 3.63) is 29.8 Å². The zero-order valence-electron chi connectivity index (χ0n) is 18.4. The summed E-state index contributed by atoms with van der Waals surface area (Å²) >= 11 is 0. The van der Waals surface area contributed by atoms with E-state index in [1.165, 1.54) is 4.90 Å². The monoisotopic (exact) mass is 419 g/mol. The van der Waals surface area contributed by atoms with Crippen LogP contribution in [0.2, 0.25) is 0 Å². The number of piperazine rings is 1. The summed E-state index contributed by atoms with van der Waals surface area (Å²) in [5, 5.41) is 3.32. The number of carbonyl (C=O) groups is 2. The topological polar surface area (TPSA) is 86.7 Å². The van der Waals surface area contributed by atoms with E-state index in [1.807, 2.05) is 38.1 Å². The van der Waals surface area contributed by atoms with Crippen LogP contribution in [-0.2, 0) is 16.1 Å². The van der Waals surface area contributed by atoms with Crippen molar-refractivity contribution in [2.24, 2.45) is 4.99 Å². The molecule has 9 nitrogen and oxygen atoms in total. The third-order valence-electron chi connectivity index (χ3n) is 4.61. The molecule has 1 aromatic rings. The summed E-state index contributed by atoms with van der Waals surface area (Å²) in [6, 6.07) is 7.60. The lowest BCUT2D eigenvalue weighted by Gasteiger charge is -2.35. The first-order valence-electron chi connectivity index (χ1n) is 10.3. The van der Waals surface area contributed by atoms with Crippen LogP contribution in [0.15, 0.2) is 29.3 Å². The Balaban J connectivity index is 1.95. The Morgan fingerprint density at radius 1 is 1.13 bits per heavy atom. The van der Waals surface area contributed by atoms with Gasteiger partial charge in [-0.25, -0.2) is 9.79 Å². The molecule has 30 heavy (non-hydrogen) atoms. The van der Waals surface area contributed by atoms with E-state index in [0.29, 0.717) is 45.1 Å². The quantitative estimate of drug-likeness (QED) is 0.531. The van der Waals surface area contributed by atoms with Gasteiger partial charge in [-0.05, 0) is 31.5 Å². The summed E-state index contributed by atoms with van der Waals surface area (Å²) in [7, 11) is 3.40. The second-order valence-corrected chi connectivity index (χ2v) is 7.07. The summed E-state index contributed by atoms with van der Waals surface area (Å²) in [6.45, 7) is 8.07. The number of ether oxygens (including phenoxy) is 2. The number of aliphatic imine (C=N–C) groups is 1. The van der Waals surface area contributed by atoms with Gasteiger partial charge in [0.2, 0.25) is 0 Å². The molecule has 166 valence electrons. The molecule has 9 heteroatoms. The van der Waals surface area contributed by atoms with Crippen molar-refractivity contribution in [2.75, 3.05) is 60.0 Å². The van der Waals surface area contributed by atoms with Crippen LogP contribution in [0.4, 0.5) is 4.79 Å². The molecule has 1 fully saturated rings. The number of nitrogens with one attached hydrogen (secondary N) is 1. The van der Waals surface area contributed by atoms with Gasteiger partial charge in [0.15, 0.2) is 12.6 Å². The minimum absolute atomic E-state index is 0.00705. The first-order chi connectivity index (χ1) is 14.4. The number of hydrogen-bond donors (Lipinski definition) is 1. The average molecular weight is 420 g/mol. The van der Waals surface area contributed by atoms with Crippen molar-refractivity contribution in [1.29, 1.82) is 0 Å². The molecule has 1 aromatic carbocycles. The molecule has 0 atom stereocenters. The van der Waals surface area contributed by atoms with Gasteiger partial charge in [0.05, 0.1) is 13.2 Å². The zero-order valence-corrected chi connectivity index (χ0v) is 18.4. The Labute approximate surface area is 178 Å². The fourth-order valence-corrected chi connectivity index (χ4v) is 2.92. The van der Waals surface area contributed by atoms with Crippen LogP contribution in [0, 0.1) is 0 Å². The van der Waals surface area contributed by atoms with Gasteiger partial charge in [0.1, 0.15) is 5.75 Å². The lowest BCUT2D eigenvalue weighted by Crippen LogP contribution is -2.53. The fraction of sp³-hybridized carbons (Fsp3) is 0.571. The predicted molar refractivity (Wildman–Crippen MR) is 116 cm³/mol. The smallest absolute Gasteiger partial charge is 0.409 e. The maximum Gasteiger partial charge on any atom is 0.409 e. The number of likely N-dealkylation sites (N-methyl/N-ethyl adjacent to an activating group) is 1. The van der Waals surface area contributed by atoms with E-state index in [9.17, 15) is 9.59 Å². The Bertz CT molecular complexity index is 730. The highest BCUT2D eigenvalue weighted by molar-refractivity contribution is 5.80. The maximum absolute atomic E-state index is 11.9. The van der Waals surface area contributed by atoms with Crippen molar-refractivity contribution < 1.29 is 19.1 Å². The van der Waals surface area contributed by atoms with E-state index in [-0.39, 0.29) is 18.6 Å². The standard InChI is InChI=1S/C21H33N5O4/c1-5-22-20(25-10-12-26(13-11-25)21(28)29-6-2)23-15-17-8-7-9-18(14-17)30-16-19(27)24(3)4/h7-9,14H,5-6,10-13,15-16H2,1-4H3,(H,22,23). The lowest BCUT2D eigenvalue weighted by molar-refractivity contribution is -0.130. The molecule has 0 aromatic heterocycles. The van der Waals surface area contributed by atoms with Crippen LogP contribution in [-0.4, -0.2) is 92.7 Å². The number of hydrogen-bond acceptors (Lipinski definition) is 5. The van der Waals surface area contributed by atoms with Crippen LogP contribution in [0.25, 0.3) is 0 Å². The van der Waals surface area contributed by atoms with Gasteiger partial charge in [-0.2, -0.15) is 0 Å². The summed E-state index contributed by atoms with van der Waals surface area (Å²) in [5.74, 6) is 1.37. The number of rotatable bonds is 7. The molecular formula is C21H33N5O4. The van der Waals surface area contributed by atoms with E-state index < -0.39 is 0 Å². The number of amides is 2. The third kappa shape index (κ3) is 7.13. The number of nitrogens with zero attached hydrogens (tertiary/aromatic N) is 4. The third-order valence-corrected chi connectivity index (χ3v) is 4.61. The SMILES string of the molecule is CCNC(=NCc1cccc(OCC(=O)N(C)C)c1)N1CCN(C(=O)OCC)CC1. The van der Waals surface area contributed by atoms with Crippen molar-refractivity contribution in [2.45, 2.75) is 20.4 Å². The van der Waals surface area contributed by atoms with Crippen LogP contribution in [0.5, 0.6) is 5.75 Å². The largest absolute Gasteiger partial charge is 0.484 e.